The molecule has 1 N–H and O–H groups in total. The Morgan fingerprint density at radius 1 is 0.872 bits per heavy atom. The van der Waals surface area contributed by atoms with Gasteiger partial charge < -0.3 is 19.3 Å². The van der Waals surface area contributed by atoms with E-state index in [-0.39, 0.29) is 11.5 Å². The SMILES string of the molecule is COc1ccc2cc(-c3ccc(OCCN4CCCC4)c(C=C4SC(=S)N(CCCOc5ccc(C(=O)O)cc5)C4=O)c3)ccc2c1. The number of fused-ring (bicyclic) bond motifs is 1. The molecule has 4 aromatic carbocycles. The van der Waals surface area contributed by atoms with Crippen LogP contribution in [0.4, 0.5) is 0 Å². The second-order valence-electron chi connectivity index (χ2n) is 11.4. The van der Waals surface area contributed by atoms with Gasteiger partial charge in [0.2, 0.25) is 0 Å². The van der Waals surface area contributed by atoms with Crippen molar-refractivity contribution in [2.24, 2.45) is 0 Å². The number of carboxylic acid groups (broad SMARTS) is 1. The minimum absolute atomic E-state index is 0.140. The summed E-state index contributed by atoms with van der Waals surface area (Å²) in [4.78, 5) is 29.2. The van der Waals surface area contributed by atoms with E-state index in [9.17, 15) is 9.59 Å². The molecule has 0 bridgehead atoms. The highest BCUT2D eigenvalue weighted by Gasteiger charge is 2.32. The number of amides is 1. The van der Waals surface area contributed by atoms with E-state index in [2.05, 4.69) is 41.3 Å². The maximum atomic E-state index is 13.5. The van der Waals surface area contributed by atoms with E-state index in [1.54, 1.807) is 24.1 Å². The molecule has 0 radical (unpaired) electrons. The number of thiocarbonyl (C=S) groups is 1. The van der Waals surface area contributed by atoms with Gasteiger partial charge in [-0.05, 0) is 115 Å². The van der Waals surface area contributed by atoms with Gasteiger partial charge in [-0.15, -0.1) is 0 Å². The summed E-state index contributed by atoms with van der Waals surface area (Å²) in [6.45, 7) is 4.41. The molecule has 242 valence electrons. The summed E-state index contributed by atoms with van der Waals surface area (Å²) in [6.07, 6.45) is 4.91. The van der Waals surface area contributed by atoms with Gasteiger partial charge in [-0.1, -0.05) is 48.2 Å². The molecule has 0 saturated carbocycles. The van der Waals surface area contributed by atoms with Crippen molar-refractivity contribution in [2.45, 2.75) is 19.3 Å². The van der Waals surface area contributed by atoms with Crippen molar-refractivity contribution >= 4 is 57.0 Å². The van der Waals surface area contributed by atoms with Gasteiger partial charge in [0, 0.05) is 18.7 Å². The first-order chi connectivity index (χ1) is 22.9. The Labute approximate surface area is 283 Å². The topological polar surface area (TPSA) is 88.5 Å². The van der Waals surface area contributed by atoms with Crippen molar-refractivity contribution in [2.75, 3.05) is 46.5 Å². The second kappa shape index (κ2) is 15.0. The Morgan fingerprint density at radius 3 is 2.34 bits per heavy atom. The highest BCUT2D eigenvalue weighted by molar-refractivity contribution is 8.26. The van der Waals surface area contributed by atoms with Gasteiger partial charge in [-0.25, -0.2) is 4.79 Å². The first kappa shape index (κ1) is 32.6. The lowest BCUT2D eigenvalue weighted by Gasteiger charge is -2.17. The number of carbonyl (C=O) groups excluding carboxylic acids is 1. The molecule has 2 saturated heterocycles. The molecule has 47 heavy (non-hydrogen) atoms. The Kier molecular flexibility index (Phi) is 10.4. The summed E-state index contributed by atoms with van der Waals surface area (Å²) < 4.78 is 18.0. The average Bonchev–Trinajstić information content (AvgIpc) is 3.70. The molecule has 0 aliphatic carbocycles. The third kappa shape index (κ3) is 7.96. The Morgan fingerprint density at radius 2 is 1.57 bits per heavy atom. The van der Waals surface area contributed by atoms with Gasteiger partial charge in [0.25, 0.3) is 5.91 Å². The summed E-state index contributed by atoms with van der Waals surface area (Å²) in [5.74, 6) is 0.995. The van der Waals surface area contributed by atoms with Crippen LogP contribution in [0.15, 0.2) is 83.8 Å². The lowest BCUT2D eigenvalue weighted by atomic mass is 9.99. The number of aromatic carboxylic acids is 1. The van der Waals surface area contributed by atoms with Gasteiger partial charge in [-0.3, -0.25) is 14.6 Å². The zero-order chi connectivity index (χ0) is 32.8. The minimum atomic E-state index is -0.985. The van der Waals surface area contributed by atoms with E-state index in [1.165, 1.54) is 36.7 Å². The number of methoxy groups -OCH3 is 1. The molecule has 2 aliphatic heterocycles. The quantitative estimate of drug-likeness (QED) is 0.0892. The second-order valence-corrected chi connectivity index (χ2v) is 13.1. The molecule has 0 aromatic heterocycles. The summed E-state index contributed by atoms with van der Waals surface area (Å²) in [5.41, 5.74) is 3.11. The maximum absolute atomic E-state index is 13.5. The first-order valence-electron chi connectivity index (χ1n) is 15.7. The van der Waals surface area contributed by atoms with Crippen molar-refractivity contribution in [3.05, 3.63) is 94.9 Å². The zero-order valence-electron chi connectivity index (χ0n) is 26.1. The number of thioether (sulfide) groups is 1. The number of carbonyl (C=O) groups is 2. The van der Waals surface area contributed by atoms with E-state index < -0.39 is 5.97 Å². The number of rotatable bonds is 13. The van der Waals surface area contributed by atoms with Gasteiger partial charge in [0.1, 0.15) is 28.2 Å². The van der Waals surface area contributed by atoms with Crippen LogP contribution >= 0.6 is 24.0 Å². The van der Waals surface area contributed by atoms with E-state index >= 15 is 0 Å². The molecule has 8 nitrogen and oxygen atoms in total. The van der Waals surface area contributed by atoms with Crippen LogP contribution in [0.25, 0.3) is 28.0 Å². The Balaban J connectivity index is 1.18. The summed E-state index contributed by atoms with van der Waals surface area (Å²) in [5, 5.41) is 11.3. The smallest absolute Gasteiger partial charge is 0.335 e. The molecule has 2 heterocycles. The maximum Gasteiger partial charge on any atom is 0.335 e. The molecular formula is C37H36N2O6S2. The first-order valence-corrected chi connectivity index (χ1v) is 16.9. The van der Waals surface area contributed by atoms with Crippen LogP contribution in [0.5, 0.6) is 17.2 Å². The van der Waals surface area contributed by atoms with Crippen LogP contribution in [0.1, 0.15) is 35.2 Å². The van der Waals surface area contributed by atoms with Crippen LogP contribution in [-0.4, -0.2) is 77.6 Å². The van der Waals surface area contributed by atoms with Gasteiger partial charge in [0.15, 0.2) is 0 Å². The highest BCUT2D eigenvalue weighted by Crippen LogP contribution is 2.36. The van der Waals surface area contributed by atoms with Crippen molar-refractivity contribution in [3.8, 4) is 28.4 Å². The molecule has 6 rings (SSSR count). The number of nitrogens with zero attached hydrogens (tertiary/aromatic N) is 2. The predicted octanol–water partition coefficient (Wildman–Crippen LogP) is 7.36. The lowest BCUT2D eigenvalue weighted by molar-refractivity contribution is -0.122. The minimum Gasteiger partial charge on any atom is -0.497 e. The van der Waals surface area contributed by atoms with Gasteiger partial charge in [0.05, 0.1) is 24.2 Å². The van der Waals surface area contributed by atoms with Gasteiger partial charge in [-0.2, -0.15) is 0 Å². The van der Waals surface area contributed by atoms with E-state index in [4.69, 9.17) is 31.5 Å². The fraction of sp³-hybridized carbons (Fsp3) is 0.270. The highest BCUT2D eigenvalue weighted by atomic mass is 32.2. The molecule has 2 aliphatic rings. The fourth-order valence-corrected chi connectivity index (χ4v) is 7.03. The summed E-state index contributed by atoms with van der Waals surface area (Å²) in [6, 6.07) is 24.8. The summed E-state index contributed by atoms with van der Waals surface area (Å²) in [7, 11) is 1.67. The molecule has 0 unspecified atom stereocenters. The van der Waals surface area contributed by atoms with Crippen molar-refractivity contribution < 1.29 is 28.9 Å². The molecule has 0 atom stereocenters. The molecule has 2 fully saturated rings. The van der Waals surface area contributed by atoms with E-state index in [0.29, 0.717) is 41.2 Å². The Hall–Kier alpha value is -4.38. The molecular weight excluding hydrogens is 633 g/mol. The van der Waals surface area contributed by atoms with Crippen molar-refractivity contribution in [3.63, 3.8) is 0 Å². The van der Waals surface area contributed by atoms with E-state index in [0.717, 1.165) is 58.6 Å². The largest absolute Gasteiger partial charge is 0.497 e. The van der Waals surface area contributed by atoms with Crippen LogP contribution in [-0.2, 0) is 4.79 Å². The predicted molar refractivity (Wildman–Crippen MR) is 190 cm³/mol. The van der Waals surface area contributed by atoms with Crippen molar-refractivity contribution in [1.82, 2.24) is 9.80 Å². The van der Waals surface area contributed by atoms with Gasteiger partial charge >= 0.3 is 5.97 Å². The van der Waals surface area contributed by atoms with Crippen molar-refractivity contribution in [1.29, 1.82) is 0 Å². The lowest BCUT2D eigenvalue weighted by Crippen LogP contribution is -2.29. The normalized spacial score (nSPS) is 15.9. The number of hydrogen-bond acceptors (Lipinski definition) is 8. The Bertz CT molecular complexity index is 1820. The number of benzene rings is 4. The molecule has 0 spiro atoms. The fourth-order valence-electron chi connectivity index (χ4n) is 5.73. The zero-order valence-corrected chi connectivity index (χ0v) is 27.8. The third-order valence-electron chi connectivity index (χ3n) is 8.31. The van der Waals surface area contributed by atoms with Crippen LogP contribution < -0.4 is 14.2 Å². The number of hydrogen-bond donors (Lipinski definition) is 1. The van der Waals surface area contributed by atoms with Crippen LogP contribution in [0.2, 0.25) is 0 Å². The number of likely N-dealkylation sites (tertiary alicyclic amines) is 1. The third-order valence-corrected chi connectivity index (χ3v) is 9.69. The standard InChI is InChI=1S/C37H36N2O6S2/c1-43-32-13-9-27-21-26(5-6-29(27)23-32)28-10-14-33(45-20-18-38-15-2-3-16-38)30(22-28)24-34-35(40)39(37(46)47-34)17-4-19-44-31-11-7-25(8-12-31)36(41)42/h5-14,21-24H,2-4,15-20H2,1H3,(H,41,42). The average molecular weight is 669 g/mol. The number of carboxylic acids is 1. The molecule has 1 amide bonds. The monoisotopic (exact) mass is 668 g/mol. The summed E-state index contributed by atoms with van der Waals surface area (Å²) >= 11 is 6.90. The van der Waals surface area contributed by atoms with Crippen LogP contribution in [0.3, 0.4) is 0 Å². The molecule has 10 heteroatoms. The van der Waals surface area contributed by atoms with E-state index in [1.807, 2.05) is 24.3 Å². The van der Waals surface area contributed by atoms with Crippen LogP contribution in [0, 0.1) is 0 Å². The number of ether oxygens (including phenoxy) is 3. The molecule has 4 aromatic rings.